The summed E-state index contributed by atoms with van der Waals surface area (Å²) in [6, 6.07) is 12.1. The van der Waals surface area contributed by atoms with Gasteiger partial charge in [0, 0.05) is 10.2 Å². The number of anilines is 1. The van der Waals surface area contributed by atoms with Crippen LogP contribution in [-0.2, 0) is 9.53 Å². The first-order chi connectivity index (χ1) is 8.69. The molecule has 2 aromatic rings. The number of halogens is 1. The van der Waals surface area contributed by atoms with Gasteiger partial charge in [0.2, 0.25) is 0 Å². The van der Waals surface area contributed by atoms with Crippen molar-refractivity contribution >= 4 is 38.4 Å². The summed E-state index contributed by atoms with van der Waals surface area (Å²) in [7, 11) is 0. The summed E-state index contributed by atoms with van der Waals surface area (Å²) < 4.78 is 5.92. The van der Waals surface area contributed by atoms with Crippen molar-refractivity contribution in [3.63, 3.8) is 0 Å². The van der Waals surface area contributed by atoms with Crippen LogP contribution in [0.15, 0.2) is 40.9 Å². The van der Waals surface area contributed by atoms with Gasteiger partial charge in [-0.3, -0.25) is 4.79 Å². The molecule has 0 atom stereocenters. The fourth-order valence-electron chi connectivity index (χ4n) is 1.71. The predicted octanol–water partition coefficient (Wildman–Crippen LogP) is 3.58. The number of rotatable bonds is 4. The third-order valence-corrected chi connectivity index (χ3v) is 3.04. The highest BCUT2D eigenvalue weighted by molar-refractivity contribution is 9.10. The summed E-state index contributed by atoms with van der Waals surface area (Å²) in [6.07, 6.45) is 0. The van der Waals surface area contributed by atoms with Gasteiger partial charge in [0.25, 0.3) is 0 Å². The van der Waals surface area contributed by atoms with Gasteiger partial charge in [0.1, 0.15) is 6.54 Å². The Morgan fingerprint density at radius 2 is 1.94 bits per heavy atom. The molecule has 2 aromatic carbocycles. The van der Waals surface area contributed by atoms with E-state index in [4.69, 9.17) is 4.74 Å². The Labute approximate surface area is 114 Å². The second kappa shape index (κ2) is 5.87. The van der Waals surface area contributed by atoms with E-state index in [0.717, 1.165) is 20.9 Å². The monoisotopic (exact) mass is 307 g/mol. The van der Waals surface area contributed by atoms with E-state index in [1.807, 2.05) is 30.3 Å². The number of hydrogen-bond donors (Lipinski definition) is 1. The van der Waals surface area contributed by atoms with E-state index in [9.17, 15) is 4.79 Å². The normalized spacial score (nSPS) is 10.3. The molecule has 0 unspecified atom stereocenters. The number of esters is 1. The third kappa shape index (κ3) is 3.23. The highest BCUT2D eigenvalue weighted by atomic mass is 79.9. The van der Waals surface area contributed by atoms with Gasteiger partial charge in [-0.15, -0.1) is 0 Å². The number of benzene rings is 2. The molecule has 0 aromatic heterocycles. The van der Waals surface area contributed by atoms with Crippen LogP contribution in [0.1, 0.15) is 6.92 Å². The van der Waals surface area contributed by atoms with Gasteiger partial charge in [0.15, 0.2) is 0 Å². The summed E-state index contributed by atoms with van der Waals surface area (Å²) in [6.45, 7) is 2.40. The van der Waals surface area contributed by atoms with Gasteiger partial charge in [0.05, 0.1) is 6.61 Å². The maximum Gasteiger partial charge on any atom is 0.325 e. The molecule has 3 nitrogen and oxygen atoms in total. The number of ether oxygens (including phenoxy) is 1. The molecule has 0 aliphatic rings. The average molecular weight is 308 g/mol. The lowest BCUT2D eigenvalue weighted by Gasteiger charge is -2.07. The van der Waals surface area contributed by atoms with E-state index in [0.29, 0.717) is 6.61 Å². The predicted molar refractivity (Wildman–Crippen MR) is 76.8 cm³/mol. The lowest BCUT2D eigenvalue weighted by Crippen LogP contribution is -2.16. The molecule has 2 rings (SSSR count). The quantitative estimate of drug-likeness (QED) is 0.878. The van der Waals surface area contributed by atoms with E-state index in [2.05, 4.69) is 27.3 Å². The summed E-state index contributed by atoms with van der Waals surface area (Å²) in [5.74, 6) is -0.242. The Bertz CT molecular complexity index is 569. The maximum atomic E-state index is 11.2. The van der Waals surface area contributed by atoms with Crippen LogP contribution in [0.25, 0.3) is 10.8 Å². The second-order valence-corrected chi connectivity index (χ2v) is 4.78. The largest absolute Gasteiger partial charge is 0.465 e. The highest BCUT2D eigenvalue weighted by Crippen LogP contribution is 2.22. The Morgan fingerprint density at radius 3 is 2.72 bits per heavy atom. The molecule has 0 spiro atoms. The fourth-order valence-corrected chi connectivity index (χ4v) is 2.09. The van der Waals surface area contributed by atoms with Crippen LogP contribution in [0.4, 0.5) is 5.69 Å². The highest BCUT2D eigenvalue weighted by Gasteiger charge is 2.02. The Kier molecular flexibility index (Phi) is 4.20. The SMILES string of the molecule is CCOC(=O)CNc1ccc2cc(Br)ccc2c1. The van der Waals surface area contributed by atoms with Crippen molar-refractivity contribution < 1.29 is 9.53 Å². The smallest absolute Gasteiger partial charge is 0.325 e. The molecule has 0 saturated heterocycles. The molecule has 0 saturated carbocycles. The van der Waals surface area contributed by atoms with E-state index in [1.54, 1.807) is 6.92 Å². The lowest BCUT2D eigenvalue weighted by atomic mass is 10.1. The molecule has 0 fully saturated rings. The minimum atomic E-state index is -0.242. The van der Waals surface area contributed by atoms with Crippen LogP contribution in [0.2, 0.25) is 0 Å². The van der Waals surface area contributed by atoms with Gasteiger partial charge in [-0.1, -0.05) is 28.1 Å². The summed E-state index contributed by atoms with van der Waals surface area (Å²) in [5.41, 5.74) is 0.915. The molecule has 4 heteroatoms. The van der Waals surface area contributed by atoms with Crippen molar-refractivity contribution in [2.75, 3.05) is 18.5 Å². The van der Waals surface area contributed by atoms with Crippen LogP contribution in [0.3, 0.4) is 0 Å². The minimum absolute atomic E-state index is 0.190. The number of carbonyl (C=O) groups excluding carboxylic acids is 1. The molecular weight excluding hydrogens is 294 g/mol. The van der Waals surface area contributed by atoms with Crippen LogP contribution in [0, 0.1) is 0 Å². The molecule has 0 amide bonds. The van der Waals surface area contributed by atoms with Gasteiger partial charge in [-0.25, -0.2) is 0 Å². The molecule has 0 aliphatic carbocycles. The molecule has 0 bridgehead atoms. The van der Waals surface area contributed by atoms with Gasteiger partial charge >= 0.3 is 5.97 Å². The van der Waals surface area contributed by atoms with E-state index in [1.165, 1.54) is 0 Å². The van der Waals surface area contributed by atoms with Crippen molar-refractivity contribution in [3.8, 4) is 0 Å². The zero-order valence-electron chi connectivity index (χ0n) is 10.1. The van der Waals surface area contributed by atoms with Gasteiger partial charge in [-0.2, -0.15) is 0 Å². The first-order valence-electron chi connectivity index (χ1n) is 5.78. The van der Waals surface area contributed by atoms with Gasteiger partial charge < -0.3 is 10.1 Å². The first-order valence-corrected chi connectivity index (χ1v) is 6.57. The van der Waals surface area contributed by atoms with E-state index < -0.39 is 0 Å². The van der Waals surface area contributed by atoms with Crippen molar-refractivity contribution in [3.05, 3.63) is 40.9 Å². The third-order valence-electron chi connectivity index (χ3n) is 2.54. The zero-order valence-corrected chi connectivity index (χ0v) is 11.7. The van der Waals surface area contributed by atoms with Crippen molar-refractivity contribution in [1.82, 2.24) is 0 Å². The van der Waals surface area contributed by atoms with Crippen molar-refractivity contribution in [1.29, 1.82) is 0 Å². The van der Waals surface area contributed by atoms with Crippen molar-refractivity contribution in [2.45, 2.75) is 6.92 Å². The number of carbonyl (C=O) groups is 1. The summed E-state index contributed by atoms with van der Waals surface area (Å²) >= 11 is 3.44. The number of fused-ring (bicyclic) bond motifs is 1. The fraction of sp³-hybridized carbons (Fsp3) is 0.214. The standard InChI is InChI=1S/C14H14BrNO2/c1-2-18-14(17)9-16-13-6-4-10-7-12(15)5-3-11(10)8-13/h3-8,16H,2,9H2,1H3. The Hall–Kier alpha value is -1.55. The topological polar surface area (TPSA) is 38.3 Å². The first kappa shape index (κ1) is 12.9. The molecule has 0 heterocycles. The Balaban J connectivity index is 2.10. The van der Waals surface area contributed by atoms with Crippen LogP contribution >= 0.6 is 15.9 Å². The van der Waals surface area contributed by atoms with Crippen LogP contribution in [-0.4, -0.2) is 19.1 Å². The second-order valence-electron chi connectivity index (χ2n) is 3.86. The molecule has 94 valence electrons. The molecule has 0 aliphatic heterocycles. The van der Waals surface area contributed by atoms with Gasteiger partial charge in [-0.05, 0) is 42.0 Å². The maximum absolute atomic E-state index is 11.2. The molecular formula is C14H14BrNO2. The summed E-state index contributed by atoms with van der Waals surface area (Å²) in [5, 5.41) is 5.34. The Morgan fingerprint density at radius 1 is 1.22 bits per heavy atom. The van der Waals surface area contributed by atoms with Crippen molar-refractivity contribution in [2.24, 2.45) is 0 Å². The number of nitrogens with one attached hydrogen (secondary N) is 1. The van der Waals surface area contributed by atoms with Crippen LogP contribution in [0.5, 0.6) is 0 Å². The minimum Gasteiger partial charge on any atom is -0.465 e. The van der Waals surface area contributed by atoms with E-state index in [-0.39, 0.29) is 12.5 Å². The average Bonchev–Trinajstić information content (AvgIpc) is 2.36. The lowest BCUT2D eigenvalue weighted by molar-refractivity contribution is -0.140. The summed E-state index contributed by atoms with van der Waals surface area (Å²) in [4.78, 5) is 11.2. The van der Waals surface area contributed by atoms with E-state index >= 15 is 0 Å². The zero-order chi connectivity index (χ0) is 13.0. The number of hydrogen-bond acceptors (Lipinski definition) is 3. The van der Waals surface area contributed by atoms with Crippen LogP contribution < -0.4 is 5.32 Å². The molecule has 18 heavy (non-hydrogen) atoms. The molecule has 0 radical (unpaired) electrons. The molecule has 1 N–H and O–H groups in total.